The van der Waals surface area contributed by atoms with Gasteiger partial charge in [-0.15, -0.1) is 0 Å². The van der Waals surface area contributed by atoms with Crippen molar-refractivity contribution in [1.82, 2.24) is 0 Å². The fourth-order valence-corrected chi connectivity index (χ4v) is 5.22. The van der Waals surface area contributed by atoms with Gasteiger partial charge in [-0.3, -0.25) is 0 Å². The van der Waals surface area contributed by atoms with E-state index in [1.165, 1.54) is 0 Å². The molecular formula is C28H40N2O4. The quantitative estimate of drug-likeness (QED) is 0.291. The fourth-order valence-electron chi connectivity index (χ4n) is 5.22. The number of nitrogens with two attached hydrogens (primary N) is 2. The Hall–Kier alpha value is -3.02. The van der Waals surface area contributed by atoms with Crippen LogP contribution in [0.1, 0.15) is 110 Å². The van der Waals surface area contributed by atoms with E-state index < -0.39 is 11.9 Å². The van der Waals surface area contributed by atoms with Crippen molar-refractivity contribution in [3.63, 3.8) is 0 Å². The number of rotatable bonds is 11. The first-order chi connectivity index (χ1) is 15.8. The van der Waals surface area contributed by atoms with Crippen molar-refractivity contribution < 1.29 is 19.8 Å². The van der Waals surface area contributed by atoms with Crippen LogP contribution in [0.3, 0.4) is 0 Å². The Morgan fingerprint density at radius 1 is 0.706 bits per heavy atom. The van der Waals surface area contributed by atoms with Gasteiger partial charge in [-0.25, -0.2) is 9.59 Å². The van der Waals surface area contributed by atoms with Gasteiger partial charge in [0.2, 0.25) is 0 Å². The summed E-state index contributed by atoms with van der Waals surface area (Å²) in [4.78, 5) is 24.0. The van der Waals surface area contributed by atoms with Crippen molar-refractivity contribution in [1.29, 1.82) is 0 Å². The number of carboxylic acids is 2. The Balaban J connectivity index is 2.61. The molecule has 0 spiro atoms. The van der Waals surface area contributed by atoms with Gasteiger partial charge in [-0.05, 0) is 70.9 Å². The minimum absolute atomic E-state index is 0.145. The summed E-state index contributed by atoms with van der Waals surface area (Å²) in [6.07, 6.45) is 4.33. The molecule has 0 radical (unpaired) electrons. The molecule has 0 bridgehead atoms. The maximum atomic E-state index is 12.0. The van der Waals surface area contributed by atoms with Gasteiger partial charge < -0.3 is 21.7 Å². The Morgan fingerprint density at radius 3 is 1.29 bits per heavy atom. The molecule has 34 heavy (non-hydrogen) atoms. The molecule has 6 N–H and O–H groups in total. The average molecular weight is 469 g/mol. The SMILES string of the molecule is CCCC(C)(C)c1ccc(C(=O)O)c(CCc2c(C(=O)O)ccc(C(C)(C)CCC)c2N)c1N. The zero-order valence-corrected chi connectivity index (χ0v) is 21.4. The normalized spacial score (nSPS) is 12.1. The summed E-state index contributed by atoms with van der Waals surface area (Å²) in [6.45, 7) is 12.6. The van der Waals surface area contributed by atoms with Crippen LogP contribution >= 0.6 is 0 Å². The molecule has 2 rings (SSSR count). The highest BCUT2D eigenvalue weighted by molar-refractivity contribution is 5.93. The summed E-state index contributed by atoms with van der Waals surface area (Å²) >= 11 is 0. The summed E-state index contributed by atoms with van der Waals surface area (Å²) in [6, 6.07) is 6.85. The van der Waals surface area contributed by atoms with Gasteiger partial charge in [0.25, 0.3) is 0 Å². The molecule has 0 aliphatic rings. The van der Waals surface area contributed by atoms with Gasteiger partial charge in [0.05, 0.1) is 11.1 Å². The zero-order chi connectivity index (χ0) is 25.8. The van der Waals surface area contributed by atoms with E-state index in [1.54, 1.807) is 12.1 Å². The summed E-state index contributed by atoms with van der Waals surface area (Å²) in [5.41, 5.74) is 16.8. The molecule has 186 valence electrons. The largest absolute Gasteiger partial charge is 0.478 e. The predicted octanol–water partition coefficient (Wildman–Crippen LogP) is 6.19. The van der Waals surface area contributed by atoms with Crippen LogP contribution in [0, 0.1) is 0 Å². The molecule has 0 atom stereocenters. The third-order valence-corrected chi connectivity index (χ3v) is 7.01. The summed E-state index contributed by atoms with van der Waals surface area (Å²) in [7, 11) is 0. The summed E-state index contributed by atoms with van der Waals surface area (Å²) in [5, 5.41) is 19.6. The number of aromatic carboxylic acids is 2. The molecule has 0 fully saturated rings. The highest BCUT2D eigenvalue weighted by atomic mass is 16.4. The average Bonchev–Trinajstić information content (AvgIpc) is 2.72. The van der Waals surface area contributed by atoms with E-state index in [2.05, 4.69) is 41.5 Å². The lowest BCUT2D eigenvalue weighted by molar-refractivity contribution is 0.0684. The van der Waals surface area contributed by atoms with Crippen LogP contribution in [0.4, 0.5) is 11.4 Å². The molecule has 0 heterocycles. The van der Waals surface area contributed by atoms with Crippen LogP contribution in [0.25, 0.3) is 0 Å². The van der Waals surface area contributed by atoms with E-state index in [-0.39, 0.29) is 34.8 Å². The van der Waals surface area contributed by atoms with Crippen LogP contribution in [-0.4, -0.2) is 22.2 Å². The van der Waals surface area contributed by atoms with E-state index in [9.17, 15) is 19.8 Å². The van der Waals surface area contributed by atoms with Crippen LogP contribution in [0.5, 0.6) is 0 Å². The molecule has 0 unspecified atom stereocenters. The number of anilines is 2. The zero-order valence-electron chi connectivity index (χ0n) is 21.4. The monoisotopic (exact) mass is 468 g/mol. The van der Waals surface area contributed by atoms with Crippen LogP contribution in [-0.2, 0) is 23.7 Å². The molecular weight excluding hydrogens is 428 g/mol. The highest BCUT2D eigenvalue weighted by Gasteiger charge is 2.28. The van der Waals surface area contributed by atoms with Crippen LogP contribution < -0.4 is 11.5 Å². The highest BCUT2D eigenvalue weighted by Crippen LogP contribution is 2.38. The lowest BCUT2D eigenvalue weighted by Gasteiger charge is -2.29. The summed E-state index contributed by atoms with van der Waals surface area (Å²) < 4.78 is 0. The lowest BCUT2D eigenvalue weighted by atomic mass is 9.77. The molecule has 6 heteroatoms. The predicted molar refractivity (Wildman–Crippen MR) is 139 cm³/mol. The number of nitrogen functional groups attached to an aromatic ring is 2. The second kappa shape index (κ2) is 10.5. The van der Waals surface area contributed by atoms with Gasteiger partial charge in [-0.1, -0.05) is 66.5 Å². The van der Waals surface area contributed by atoms with E-state index in [4.69, 9.17) is 11.5 Å². The van der Waals surface area contributed by atoms with Gasteiger partial charge in [0.1, 0.15) is 0 Å². The van der Waals surface area contributed by atoms with Gasteiger partial charge in [0, 0.05) is 11.4 Å². The van der Waals surface area contributed by atoms with E-state index >= 15 is 0 Å². The maximum absolute atomic E-state index is 12.0. The molecule has 0 amide bonds. The Labute approximate surface area is 203 Å². The van der Waals surface area contributed by atoms with Gasteiger partial charge in [-0.2, -0.15) is 0 Å². The third-order valence-electron chi connectivity index (χ3n) is 7.01. The minimum Gasteiger partial charge on any atom is -0.478 e. The molecule has 0 aromatic heterocycles. The summed E-state index contributed by atoms with van der Waals surface area (Å²) in [5.74, 6) is -2.10. The molecule has 0 aliphatic heterocycles. The maximum Gasteiger partial charge on any atom is 0.336 e. The standard InChI is InChI=1S/C28H40N2O4/c1-7-15-27(3,4)21-13-11-19(25(31)32)17(23(21)29)9-10-18-20(26(33)34)12-14-22(24(18)30)28(5,6)16-8-2/h11-14H,7-10,15-16,29-30H2,1-6H3,(H,31,32)(H,33,34). The van der Waals surface area contributed by atoms with Crippen LogP contribution in [0.2, 0.25) is 0 Å². The first-order valence-electron chi connectivity index (χ1n) is 12.1. The molecule has 2 aromatic carbocycles. The molecule has 2 aromatic rings. The van der Waals surface area contributed by atoms with E-state index in [1.807, 2.05) is 12.1 Å². The van der Waals surface area contributed by atoms with Crippen molar-refractivity contribution in [3.8, 4) is 0 Å². The first kappa shape index (κ1) is 27.2. The van der Waals surface area contributed by atoms with Crippen molar-refractivity contribution in [2.45, 2.75) is 90.9 Å². The first-order valence-corrected chi connectivity index (χ1v) is 12.1. The Kier molecular flexibility index (Phi) is 8.40. The van der Waals surface area contributed by atoms with Crippen molar-refractivity contribution in [2.75, 3.05) is 11.5 Å². The molecule has 0 saturated heterocycles. The number of carboxylic acid groups (broad SMARTS) is 2. The van der Waals surface area contributed by atoms with E-state index in [0.29, 0.717) is 22.5 Å². The fraction of sp³-hybridized carbons (Fsp3) is 0.500. The molecule has 0 saturated carbocycles. The van der Waals surface area contributed by atoms with Crippen molar-refractivity contribution >= 4 is 23.3 Å². The van der Waals surface area contributed by atoms with Crippen molar-refractivity contribution in [3.05, 3.63) is 57.6 Å². The molecule has 6 nitrogen and oxygen atoms in total. The number of hydrogen-bond donors (Lipinski definition) is 4. The number of hydrogen-bond acceptors (Lipinski definition) is 4. The number of carbonyl (C=O) groups is 2. The second-order valence-electron chi connectivity index (χ2n) is 10.5. The van der Waals surface area contributed by atoms with E-state index in [0.717, 1.165) is 36.8 Å². The second-order valence-corrected chi connectivity index (χ2v) is 10.5. The lowest BCUT2D eigenvalue weighted by Crippen LogP contribution is -2.22. The number of benzene rings is 2. The van der Waals surface area contributed by atoms with Crippen LogP contribution in [0.15, 0.2) is 24.3 Å². The van der Waals surface area contributed by atoms with Gasteiger partial charge in [0.15, 0.2) is 0 Å². The van der Waals surface area contributed by atoms with Gasteiger partial charge >= 0.3 is 11.9 Å². The minimum atomic E-state index is -1.05. The Morgan fingerprint density at radius 2 is 1.03 bits per heavy atom. The smallest absolute Gasteiger partial charge is 0.336 e. The third kappa shape index (κ3) is 5.54. The Bertz CT molecular complexity index is 985. The van der Waals surface area contributed by atoms with Crippen molar-refractivity contribution in [2.24, 2.45) is 0 Å². The molecule has 0 aliphatic carbocycles. The topological polar surface area (TPSA) is 127 Å².